The number of anilines is 1. The van der Waals surface area contributed by atoms with Crippen molar-refractivity contribution in [2.75, 3.05) is 18.0 Å². The second-order valence-electron chi connectivity index (χ2n) is 8.38. The summed E-state index contributed by atoms with van der Waals surface area (Å²) in [6.45, 7) is 4.03. The molecule has 1 saturated heterocycles. The van der Waals surface area contributed by atoms with Gasteiger partial charge in [0.05, 0.1) is 12.5 Å². The van der Waals surface area contributed by atoms with Crippen molar-refractivity contribution in [3.8, 4) is 0 Å². The lowest BCUT2D eigenvalue weighted by Gasteiger charge is -2.31. The maximum absolute atomic E-state index is 13.0. The van der Waals surface area contributed by atoms with Crippen molar-refractivity contribution in [3.05, 3.63) is 52.1 Å². The molecule has 30 heavy (non-hydrogen) atoms. The molecule has 1 N–H and O–H groups in total. The highest BCUT2D eigenvalue weighted by atomic mass is 32.1. The Morgan fingerprint density at radius 3 is 2.80 bits per heavy atom. The number of carbonyl (C=O) groups excluding carboxylic acids is 1. The largest absolute Gasteiger partial charge is 0.353 e. The zero-order chi connectivity index (χ0) is 20.7. The summed E-state index contributed by atoms with van der Waals surface area (Å²) in [7, 11) is 0. The van der Waals surface area contributed by atoms with Crippen LogP contribution in [-0.2, 0) is 11.3 Å². The summed E-state index contributed by atoms with van der Waals surface area (Å²) in [6.07, 6.45) is 5.63. The minimum atomic E-state index is -0.0654. The van der Waals surface area contributed by atoms with Gasteiger partial charge in [0.1, 0.15) is 11.0 Å². The molecule has 1 unspecified atom stereocenters. The molecule has 2 aliphatic rings. The molecular formula is C22H25N5O2S. The Bertz CT molecular complexity index is 1130. The average Bonchev–Trinajstić information content (AvgIpc) is 3.46. The van der Waals surface area contributed by atoms with Gasteiger partial charge in [-0.15, -0.1) is 0 Å². The van der Waals surface area contributed by atoms with E-state index in [1.54, 1.807) is 10.9 Å². The van der Waals surface area contributed by atoms with Crippen molar-refractivity contribution in [1.82, 2.24) is 19.9 Å². The molecule has 5 rings (SSSR count). The van der Waals surface area contributed by atoms with E-state index in [2.05, 4.69) is 20.2 Å². The lowest BCUT2D eigenvalue weighted by molar-refractivity contribution is -0.125. The number of nitrogens with zero attached hydrogens (tertiary/aromatic N) is 4. The molecule has 1 amide bonds. The summed E-state index contributed by atoms with van der Waals surface area (Å²) >= 11 is 1.38. The molecule has 156 valence electrons. The van der Waals surface area contributed by atoms with Gasteiger partial charge in [-0.05, 0) is 38.2 Å². The number of hydrogen-bond acceptors (Lipinski definition) is 6. The van der Waals surface area contributed by atoms with Crippen molar-refractivity contribution in [1.29, 1.82) is 0 Å². The Balaban J connectivity index is 1.36. The Labute approximate surface area is 178 Å². The molecule has 2 aromatic heterocycles. The average molecular weight is 424 g/mol. The van der Waals surface area contributed by atoms with Gasteiger partial charge in [0.2, 0.25) is 5.91 Å². The molecule has 1 aliphatic heterocycles. The smallest absolute Gasteiger partial charge is 0.273 e. The normalized spacial score (nSPS) is 19.2. The van der Waals surface area contributed by atoms with Crippen molar-refractivity contribution in [2.45, 2.75) is 45.2 Å². The predicted octanol–water partition coefficient (Wildman–Crippen LogP) is 2.70. The van der Waals surface area contributed by atoms with E-state index in [0.717, 1.165) is 42.9 Å². The fraction of sp³-hybridized carbons (Fsp3) is 0.455. The monoisotopic (exact) mass is 423 g/mol. The summed E-state index contributed by atoms with van der Waals surface area (Å²) in [4.78, 5) is 36.7. The van der Waals surface area contributed by atoms with Crippen LogP contribution in [0, 0.1) is 12.8 Å². The maximum Gasteiger partial charge on any atom is 0.273 e. The van der Waals surface area contributed by atoms with Crippen molar-refractivity contribution in [3.63, 3.8) is 0 Å². The van der Waals surface area contributed by atoms with Crippen LogP contribution in [0.4, 0.5) is 5.13 Å². The van der Waals surface area contributed by atoms with Gasteiger partial charge < -0.3 is 10.2 Å². The highest BCUT2D eigenvalue weighted by molar-refractivity contribution is 7.22. The molecule has 7 nitrogen and oxygen atoms in total. The Hall–Kier alpha value is -2.74. The van der Waals surface area contributed by atoms with Crippen molar-refractivity contribution < 1.29 is 4.79 Å². The van der Waals surface area contributed by atoms with Crippen LogP contribution in [0.1, 0.15) is 36.8 Å². The van der Waals surface area contributed by atoms with Crippen molar-refractivity contribution in [2.24, 2.45) is 5.92 Å². The Morgan fingerprint density at radius 1 is 1.23 bits per heavy atom. The van der Waals surface area contributed by atoms with Crippen LogP contribution in [0.25, 0.3) is 10.3 Å². The molecule has 0 spiro atoms. The molecule has 3 aromatic rings. The number of rotatable bonds is 5. The van der Waals surface area contributed by atoms with E-state index in [4.69, 9.17) is 0 Å². The van der Waals surface area contributed by atoms with Crippen LogP contribution < -0.4 is 15.8 Å². The van der Waals surface area contributed by atoms with E-state index in [1.807, 2.05) is 31.2 Å². The number of carbonyl (C=O) groups is 1. The molecule has 1 saturated carbocycles. The number of aromatic nitrogens is 3. The summed E-state index contributed by atoms with van der Waals surface area (Å²) in [5.41, 5.74) is 2.68. The number of amides is 1. The maximum atomic E-state index is 13.0. The van der Waals surface area contributed by atoms with Crippen LogP contribution in [0.2, 0.25) is 0 Å². The first-order chi connectivity index (χ1) is 14.6. The quantitative estimate of drug-likeness (QED) is 0.683. The Kier molecular flexibility index (Phi) is 5.02. The summed E-state index contributed by atoms with van der Waals surface area (Å²) < 4.78 is 2.21. The first-order valence-corrected chi connectivity index (χ1v) is 11.4. The summed E-state index contributed by atoms with van der Waals surface area (Å²) in [5.74, 6) is 0.138. The zero-order valence-electron chi connectivity index (χ0n) is 17.0. The van der Waals surface area contributed by atoms with E-state index in [1.165, 1.54) is 16.9 Å². The van der Waals surface area contributed by atoms with E-state index in [-0.39, 0.29) is 17.4 Å². The number of fused-ring (bicyclic) bond motifs is 1. The molecule has 3 heterocycles. The fourth-order valence-corrected chi connectivity index (χ4v) is 4.89. The lowest BCUT2D eigenvalue weighted by Crippen LogP contribution is -2.43. The highest BCUT2D eigenvalue weighted by Gasteiger charge is 2.31. The van der Waals surface area contributed by atoms with Crippen LogP contribution in [0.15, 0.2) is 35.4 Å². The minimum Gasteiger partial charge on any atom is -0.353 e. The Morgan fingerprint density at radius 2 is 2.03 bits per heavy atom. The van der Waals surface area contributed by atoms with Gasteiger partial charge >= 0.3 is 0 Å². The molecule has 0 radical (unpaired) electrons. The van der Waals surface area contributed by atoms with E-state index < -0.39 is 0 Å². The van der Waals surface area contributed by atoms with Gasteiger partial charge in [-0.1, -0.05) is 41.2 Å². The molecule has 8 heteroatoms. The minimum absolute atomic E-state index is 0.0162. The zero-order valence-corrected chi connectivity index (χ0v) is 17.8. The number of thiazole rings is 1. The van der Waals surface area contributed by atoms with Crippen LogP contribution >= 0.6 is 11.3 Å². The third-order valence-electron chi connectivity index (χ3n) is 5.83. The first-order valence-electron chi connectivity index (χ1n) is 10.5. The third kappa shape index (κ3) is 3.96. The second-order valence-corrected chi connectivity index (χ2v) is 9.36. The second kappa shape index (κ2) is 7.83. The predicted molar refractivity (Wildman–Crippen MR) is 118 cm³/mol. The van der Waals surface area contributed by atoms with Gasteiger partial charge in [-0.2, -0.15) is 4.98 Å². The van der Waals surface area contributed by atoms with E-state index >= 15 is 0 Å². The van der Waals surface area contributed by atoms with Gasteiger partial charge in [-0.25, -0.2) is 4.98 Å². The number of nitrogens with one attached hydrogen (secondary N) is 1. The lowest BCUT2D eigenvalue weighted by atomic mass is 9.97. The van der Waals surface area contributed by atoms with Crippen molar-refractivity contribution >= 4 is 32.7 Å². The van der Waals surface area contributed by atoms with Crippen LogP contribution in [-0.4, -0.2) is 39.6 Å². The third-order valence-corrected chi connectivity index (χ3v) is 6.93. The molecule has 1 aliphatic carbocycles. The fourth-order valence-electron chi connectivity index (χ4n) is 3.88. The van der Waals surface area contributed by atoms with Gasteiger partial charge in [0.25, 0.3) is 5.56 Å². The SMILES string of the molecule is Cc1ccc(Cn2cnc3nc(N4CCCC(C(=O)NC5CC5)C4)sc3c2=O)cc1. The van der Waals surface area contributed by atoms with E-state index in [9.17, 15) is 9.59 Å². The van der Waals surface area contributed by atoms with E-state index in [0.29, 0.717) is 29.5 Å². The topological polar surface area (TPSA) is 80.1 Å². The standard InChI is InChI=1S/C22H25N5O2S/c1-14-4-6-15(7-5-14)11-27-13-23-19-18(21(27)29)30-22(25-19)26-10-2-3-16(12-26)20(28)24-17-8-9-17/h4-7,13,16-17H,2-3,8-12H2,1H3,(H,24,28). The molecule has 2 fully saturated rings. The molecule has 0 bridgehead atoms. The van der Waals surface area contributed by atoms with Gasteiger partial charge in [-0.3, -0.25) is 14.2 Å². The highest BCUT2D eigenvalue weighted by Crippen LogP contribution is 2.30. The van der Waals surface area contributed by atoms with Crippen LogP contribution in [0.5, 0.6) is 0 Å². The number of aryl methyl sites for hydroxylation is 1. The van der Waals surface area contributed by atoms with Gasteiger partial charge in [0, 0.05) is 19.1 Å². The summed E-state index contributed by atoms with van der Waals surface area (Å²) in [6, 6.07) is 8.54. The molecule has 1 atom stereocenters. The number of benzene rings is 1. The number of hydrogen-bond donors (Lipinski definition) is 1. The first kappa shape index (κ1) is 19.2. The van der Waals surface area contributed by atoms with Gasteiger partial charge in [0.15, 0.2) is 10.8 Å². The summed E-state index contributed by atoms with van der Waals surface area (Å²) in [5, 5.41) is 3.90. The number of piperidine rings is 1. The molecular weight excluding hydrogens is 398 g/mol. The molecule has 1 aromatic carbocycles. The van der Waals surface area contributed by atoms with Crippen LogP contribution in [0.3, 0.4) is 0 Å².